The highest BCUT2D eigenvalue weighted by atomic mass is 16.6. The van der Waals surface area contributed by atoms with Crippen LogP contribution < -0.4 is 14.8 Å². The van der Waals surface area contributed by atoms with Crippen LogP contribution in [0.25, 0.3) is 0 Å². The van der Waals surface area contributed by atoms with Gasteiger partial charge in [0.15, 0.2) is 11.5 Å². The lowest BCUT2D eigenvalue weighted by atomic mass is 9.96. The highest BCUT2D eigenvalue weighted by Crippen LogP contribution is 2.30. The summed E-state index contributed by atoms with van der Waals surface area (Å²) in [7, 11) is 0. The van der Waals surface area contributed by atoms with Gasteiger partial charge in [-0.05, 0) is 31.0 Å². The predicted molar refractivity (Wildman–Crippen MR) is 75.2 cm³/mol. The molecule has 5 nitrogen and oxygen atoms in total. The number of carboxylic acids is 1. The smallest absolute Gasteiger partial charge is 0.323 e. The number of ether oxygens (including phenoxy) is 2. The first-order chi connectivity index (χ1) is 9.55. The van der Waals surface area contributed by atoms with E-state index in [9.17, 15) is 9.90 Å². The molecule has 0 fully saturated rings. The van der Waals surface area contributed by atoms with Gasteiger partial charge >= 0.3 is 5.97 Å². The molecule has 1 aromatic rings. The van der Waals surface area contributed by atoms with Gasteiger partial charge in [0.2, 0.25) is 0 Å². The number of hydrogen-bond donors (Lipinski definition) is 2. The fourth-order valence-electron chi connectivity index (χ4n) is 2.27. The van der Waals surface area contributed by atoms with Crippen molar-refractivity contribution in [3.63, 3.8) is 0 Å². The molecule has 1 atom stereocenters. The van der Waals surface area contributed by atoms with E-state index < -0.39 is 11.5 Å². The molecule has 0 aromatic heterocycles. The molecule has 1 heterocycles. The standard InChI is InChI=1S/C15H21NO4/c1-3-6-15(2,14(17)18)16-10-11-4-5-12-13(9-11)20-8-7-19-12/h4-5,9,16H,3,6-8,10H2,1-2H3,(H,17,18). The zero-order valence-electron chi connectivity index (χ0n) is 11.9. The molecule has 0 spiro atoms. The minimum atomic E-state index is -0.901. The van der Waals surface area contributed by atoms with Gasteiger partial charge in [-0.15, -0.1) is 0 Å². The van der Waals surface area contributed by atoms with Crippen molar-refractivity contribution in [2.24, 2.45) is 0 Å². The lowest BCUT2D eigenvalue weighted by molar-refractivity contribution is -0.144. The minimum Gasteiger partial charge on any atom is -0.486 e. The summed E-state index contributed by atoms with van der Waals surface area (Å²) in [6, 6.07) is 5.69. The number of aliphatic carboxylic acids is 1. The normalized spacial score (nSPS) is 16.5. The van der Waals surface area contributed by atoms with Crippen LogP contribution in [0.3, 0.4) is 0 Å². The van der Waals surface area contributed by atoms with Crippen LogP contribution in [0.1, 0.15) is 32.3 Å². The number of hydrogen-bond acceptors (Lipinski definition) is 4. The van der Waals surface area contributed by atoms with E-state index in [1.165, 1.54) is 0 Å². The van der Waals surface area contributed by atoms with Gasteiger partial charge in [0, 0.05) is 6.54 Å². The van der Waals surface area contributed by atoms with Crippen molar-refractivity contribution in [1.82, 2.24) is 5.32 Å². The molecular formula is C15H21NO4. The molecule has 1 aliphatic rings. The van der Waals surface area contributed by atoms with Crippen molar-refractivity contribution < 1.29 is 19.4 Å². The van der Waals surface area contributed by atoms with Crippen LogP contribution in [0.2, 0.25) is 0 Å². The molecule has 1 aromatic carbocycles. The van der Waals surface area contributed by atoms with Crippen molar-refractivity contribution in [2.75, 3.05) is 13.2 Å². The summed E-state index contributed by atoms with van der Waals surface area (Å²) in [4.78, 5) is 11.4. The maximum absolute atomic E-state index is 11.4. The number of carbonyl (C=O) groups is 1. The molecule has 2 rings (SSSR count). The second-order valence-corrected chi connectivity index (χ2v) is 5.22. The molecule has 0 aliphatic carbocycles. The quantitative estimate of drug-likeness (QED) is 0.835. The van der Waals surface area contributed by atoms with Crippen LogP contribution >= 0.6 is 0 Å². The van der Waals surface area contributed by atoms with Crippen molar-refractivity contribution in [2.45, 2.75) is 38.8 Å². The second kappa shape index (κ2) is 6.13. The van der Waals surface area contributed by atoms with Gasteiger partial charge in [0.05, 0.1) is 0 Å². The Bertz CT molecular complexity index is 489. The Kier molecular flexibility index (Phi) is 4.49. The Morgan fingerprint density at radius 1 is 1.35 bits per heavy atom. The van der Waals surface area contributed by atoms with E-state index in [0.29, 0.717) is 26.2 Å². The summed E-state index contributed by atoms with van der Waals surface area (Å²) >= 11 is 0. The third-order valence-electron chi connectivity index (χ3n) is 3.51. The highest BCUT2D eigenvalue weighted by molar-refractivity contribution is 5.78. The Balaban J connectivity index is 2.04. The number of fused-ring (bicyclic) bond motifs is 1. The molecule has 1 unspecified atom stereocenters. The molecule has 0 saturated heterocycles. The molecule has 1 aliphatic heterocycles. The average Bonchev–Trinajstić information content (AvgIpc) is 2.45. The molecule has 0 amide bonds. The number of rotatable bonds is 6. The molecule has 0 saturated carbocycles. The maximum atomic E-state index is 11.4. The van der Waals surface area contributed by atoms with E-state index in [1.807, 2.05) is 25.1 Å². The predicted octanol–water partition coefficient (Wildman–Crippen LogP) is 2.19. The third kappa shape index (κ3) is 3.22. The highest BCUT2D eigenvalue weighted by Gasteiger charge is 2.31. The Hall–Kier alpha value is -1.75. The molecule has 20 heavy (non-hydrogen) atoms. The van der Waals surface area contributed by atoms with Gasteiger partial charge in [0.1, 0.15) is 18.8 Å². The summed E-state index contributed by atoms with van der Waals surface area (Å²) < 4.78 is 11.0. The van der Waals surface area contributed by atoms with Crippen LogP contribution in [-0.2, 0) is 11.3 Å². The molecule has 110 valence electrons. The van der Waals surface area contributed by atoms with E-state index >= 15 is 0 Å². The van der Waals surface area contributed by atoms with E-state index in [1.54, 1.807) is 6.92 Å². The summed E-state index contributed by atoms with van der Waals surface area (Å²) in [6.45, 7) is 5.30. The van der Waals surface area contributed by atoms with Crippen LogP contribution in [0.4, 0.5) is 0 Å². The summed E-state index contributed by atoms with van der Waals surface area (Å²) in [5.74, 6) is 0.648. The summed E-state index contributed by atoms with van der Waals surface area (Å²) in [5, 5.41) is 12.5. The number of benzene rings is 1. The maximum Gasteiger partial charge on any atom is 0.323 e. The van der Waals surface area contributed by atoms with Crippen LogP contribution in [0.15, 0.2) is 18.2 Å². The van der Waals surface area contributed by atoms with E-state index in [0.717, 1.165) is 23.5 Å². The molecule has 0 radical (unpaired) electrons. The first-order valence-corrected chi connectivity index (χ1v) is 6.92. The van der Waals surface area contributed by atoms with Gasteiger partial charge in [0.25, 0.3) is 0 Å². The van der Waals surface area contributed by atoms with Crippen LogP contribution in [0.5, 0.6) is 11.5 Å². The topological polar surface area (TPSA) is 67.8 Å². The van der Waals surface area contributed by atoms with E-state index in [-0.39, 0.29) is 0 Å². The molecule has 0 bridgehead atoms. The molecule has 2 N–H and O–H groups in total. The first kappa shape index (κ1) is 14.7. The molecule has 5 heteroatoms. The van der Waals surface area contributed by atoms with Crippen LogP contribution in [-0.4, -0.2) is 29.8 Å². The summed E-state index contributed by atoms with van der Waals surface area (Å²) in [6.07, 6.45) is 1.41. The lowest BCUT2D eigenvalue weighted by Crippen LogP contribution is -2.48. The second-order valence-electron chi connectivity index (χ2n) is 5.22. The SMILES string of the molecule is CCCC(C)(NCc1ccc2c(c1)OCCO2)C(=O)O. The zero-order valence-corrected chi connectivity index (χ0v) is 11.9. The zero-order chi connectivity index (χ0) is 14.6. The lowest BCUT2D eigenvalue weighted by Gasteiger charge is -2.26. The average molecular weight is 279 g/mol. The largest absolute Gasteiger partial charge is 0.486 e. The molecular weight excluding hydrogens is 258 g/mol. The number of carboxylic acid groups (broad SMARTS) is 1. The van der Waals surface area contributed by atoms with Gasteiger partial charge in [-0.1, -0.05) is 19.4 Å². The summed E-state index contributed by atoms with van der Waals surface area (Å²) in [5.41, 5.74) is 0.0833. The van der Waals surface area contributed by atoms with Gasteiger partial charge < -0.3 is 14.6 Å². The van der Waals surface area contributed by atoms with Crippen molar-refractivity contribution in [3.8, 4) is 11.5 Å². The fraction of sp³-hybridized carbons (Fsp3) is 0.533. The van der Waals surface area contributed by atoms with E-state index in [2.05, 4.69) is 5.32 Å². The Morgan fingerprint density at radius 3 is 2.70 bits per heavy atom. The number of nitrogens with one attached hydrogen (secondary N) is 1. The van der Waals surface area contributed by atoms with Crippen molar-refractivity contribution in [3.05, 3.63) is 23.8 Å². The Labute approximate surface area is 118 Å². The van der Waals surface area contributed by atoms with Gasteiger partial charge in [-0.25, -0.2) is 0 Å². The van der Waals surface area contributed by atoms with Crippen LogP contribution in [0, 0.1) is 0 Å². The first-order valence-electron chi connectivity index (χ1n) is 6.92. The van der Waals surface area contributed by atoms with Crippen molar-refractivity contribution >= 4 is 5.97 Å². The van der Waals surface area contributed by atoms with E-state index in [4.69, 9.17) is 9.47 Å². The fourth-order valence-corrected chi connectivity index (χ4v) is 2.27. The Morgan fingerprint density at radius 2 is 2.05 bits per heavy atom. The third-order valence-corrected chi connectivity index (χ3v) is 3.51. The van der Waals surface area contributed by atoms with Gasteiger partial charge in [-0.2, -0.15) is 0 Å². The monoisotopic (exact) mass is 279 g/mol. The minimum absolute atomic E-state index is 0.486. The van der Waals surface area contributed by atoms with Crippen molar-refractivity contribution in [1.29, 1.82) is 0 Å². The van der Waals surface area contributed by atoms with Gasteiger partial charge in [-0.3, -0.25) is 10.1 Å².